The highest BCUT2D eigenvalue weighted by Gasteiger charge is 2.34. The number of benzene rings is 3. The molecule has 0 aliphatic heterocycles. The van der Waals surface area contributed by atoms with E-state index < -0.39 is 48.5 Å². The standard InChI is InChI=1S/C20H23ClN2O5S.C19H18ClNO2.C7H11NO4S/c1-20(2,25)12-8-17(28-10-12)29(26,27)23-19(24)22-18-14-5-3-4-13(14)16(21)9-15(18)11-6-7-11;20-17-11-16(12-9-10-12)18(15-8-4-7-14(15)17)21-19(22)23-13-5-2-1-3-6-13;1-7(2,9)5-3-6(12-4-5)13(8,10)11/h8-11,25H,3-7H2,1-2H3,(H2,22,23,24);1-3,5-6,11-12H,4,7-10H2,(H,21,22);3-4,9H,1-2H3,(H2,8,10,11). The number of ether oxygens (including phenoxy) is 1. The Morgan fingerprint density at radius 2 is 1.14 bits per heavy atom. The number of nitrogens with one attached hydrogen (secondary N) is 3. The molecule has 0 saturated heterocycles. The number of halogens is 2. The van der Waals surface area contributed by atoms with Gasteiger partial charge in [0.05, 0.1) is 29.4 Å². The van der Waals surface area contributed by atoms with Gasteiger partial charge in [0.15, 0.2) is 0 Å². The van der Waals surface area contributed by atoms with Crippen LogP contribution in [0.25, 0.3) is 0 Å². The first-order chi connectivity index (χ1) is 30.5. The Hall–Kier alpha value is -4.88. The van der Waals surface area contributed by atoms with Crippen molar-refractivity contribution >= 4 is 66.7 Å². The van der Waals surface area contributed by atoms with Gasteiger partial charge in [-0.15, -0.1) is 0 Å². The van der Waals surface area contributed by atoms with Crippen molar-refractivity contribution in [2.45, 2.75) is 125 Å². The van der Waals surface area contributed by atoms with E-state index in [1.165, 1.54) is 62.8 Å². The summed E-state index contributed by atoms with van der Waals surface area (Å²) in [4.78, 5) is 24.9. The molecule has 4 aliphatic rings. The quantitative estimate of drug-likeness (QED) is 0.0770. The average molecular weight is 972 g/mol. The third-order valence-electron chi connectivity index (χ3n) is 11.5. The Kier molecular flexibility index (Phi) is 13.9. The monoisotopic (exact) mass is 970 g/mol. The van der Waals surface area contributed by atoms with Gasteiger partial charge in [0.25, 0.3) is 20.0 Å². The molecule has 2 saturated carbocycles. The van der Waals surface area contributed by atoms with Gasteiger partial charge in [0, 0.05) is 39.0 Å². The third-order valence-corrected chi connectivity index (χ3v) is 14.2. The number of primary sulfonamides is 1. The van der Waals surface area contributed by atoms with Crippen LogP contribution in [0, 0.1) is 0 Å². The summed E-state index contributed by atoms with van der Waals surface area (Å²) in [7, 11) is -8.04. The highest BCUT2D eigenvalue weighted by Crippen LogP contribution is 2.49. The van der Waals surface area contributed by atoms with Crippen molar-refractivity contribution in [2.75, 3.05) is 10.6 Å². The molecule has 9 rings (SSSR count). The molecule has 0 spiro atoms. The second-order valence-electron chi connectivity index (χ2n) is 17.7. The molecule has 7 N–H and O–H groups in total. The SMILES string of the molecule is CC(C)(O)c1coc(S(=O)(=O)NC(=O)Nc2c(C3CC3)cc(Cl)c3c2CCC3)c1.CC(C)(O)c1coc(S(N)(=O)=O)c1.O=C(Nc1c(C2CC2)cc(Cl)c2c1CCC2)Oc1ccccc1. The van der Waals surface area contributed by atoms with Crippen LogP contribution in [-0.4, -0.2) is 39.2 Å². The number of fused-ring (bicyclic) bond motifs is 2. The molecule has 2 fully saturated rings. The number of amides is 3. The fourth-order valence-electron chi connectivity index (χ4n) is 7.83. The van der Waals surface area contributed by atoms with Crippen LogP contribution in [0.4, 0.5) is 21.0 Å². The summed E-state index contributed by atoms with van der Waals surface area (Å²) in [6, 6.07) is 14.6. The summed E-state index contributed by atoms with van der Waals surface area (Å²) in [6.45, 7) is 6.05. The number of carbonyl (C=O) groups excluding carboxylic acids is 2. The molecule has 4 aliphatic carbocycles. The van der Waals surface area contributed by atoms with E-state index >= 15 is 0 Å². The van der Waals surface area contributed by atoms with E-state index in [2.05, 4.69) is 15.1 Å². The fourth-order valence-corrected chi connectivity index (χ4v) is 9.81. The van der Waals surface area contributed by atoms with Crippen molar-refractivity contribution in [2.24, 2.45) is 5.14 Å². The number of nitrogens with two attached hydrogens (primary N) is 1. The summed E-state index contributed by atoms with van der Waals surface area (Å²) in [5.74, 6) is 1.40. The van der Waals surface area contributed by atoms with Gasteiger partial charge in [-0.3, -0.25) is 5.32 Å². The largest absolute Gasteiger partial charge is 0.451 e. The maximum atomic E-state index is 12.6. The van der Waals surface area contributed by atoms with Gasteiger partial charge in [-0.2, -0.15) is 8.42 Å². The molecular weight excluding hydrogens is 920 g/mol. The molecule has 5 aromatic rings. The molecule has 2 aromatic heterocycles. The van der Waals surface area contributed by atoms with Crippen LogP contribution in [-0.2, 0) is 56.9 Å². The van der Waals surface area contributed by atoms with Gasteiger partial charge < -0.3 is 29.1 Å². The van der Waals surface area contributed by atoms with E-state index in [0.717, 1.165) is 97.9 Å². The van der Waals surface area contributed by atoms with Crippen molar-refractivity contribution < 1.29 is 50.2 Å². The molecule has 3 aromatic carbocycles. The first-order valence-electron chi connectivity index (χ1n) is 21.2. The minimum Gasteiger partial charge on any atom is -0.451 e. The van der Waals surface area contributed by atoms with Crippen LogP contribution < -0.4 is 25.2 Å². The Balaban J connectivity index is 0.000000156. The van der Waals surface area contributed by atoms with Gasteiger partial charge in [-0.25, -0.2) is 27.9 Å². The van der Waals surface area contributed by atoms with Crippen molar-refractivity contribution in [3.8, 4) is 5.75 Å². The Labute approximate surface area is 388 Å². The smallest absolute Gasteiger partial charge is 0.417 e. The Bertz CT molecular complexity index is 2820. The zero-order valence-electron chi connectivity index (χ0n) is 36.3. The van der Waals surface area contributed by atoms with Gasteiger partial charge in [-0.05, 0) is 161 Å². The van der Waals surface area contributed by atoms with Crippen LogP contribution in [0.15, 0.2) is 86.1 Å². The predicted octanol–water partition coefficient (Wildman–Crippen LogP) is 9.51. The lowest BCUT2D eigenvalue weighted by Crippen LogP contribution is -2.34. The van der Waals surface area contributed by atoms with E-state index in [-0.39, 0.29) is 5.09 Å². The van der Waals surface area contributed by atoms with E-state index in [4.69, 9.17) is 37.5 Å². The van der Waals surface area contributed by atoms with Gasteiger partial charge in [0.2, 0.25) is 10.2 Å². The zero-order valence-corrected chi connectivity index (χ0v) is 39.4. The second kappa shape index (κ2) is 18.8. The number of sulfonamides is 2. The topological polar surface area (TPSA) is 240 Å². The lowest BCUT2D eigenvalue weighted by Gasteiger charge is -2.17. The fraction of sp³-hybridized carbons (Fsp3) is 0.391. The molecule has 0 atom stereocenters. The number of aliphatic hydroxyl groups is 2. The average Bonchev–Trinajstić information content (AvgIpc) is 3.89. The summed E-state index contributed by atoms with van der Waals surface area (Å²) < 4.78 is 63.7. The molecule has 348 valence electrons. The van der Waals surface area contributed by atoms with Crippen LogP contribution in [0.1, 0.15) is 123 Å². The minimum atomic E-state index is -4.22. The lowest BCUT2D eigenvalue weighted by atomic mass is 9.99. The second-order valence-corrected chi connectivity index (χ2v) is 21.6. The van der Waals surface area contributed by atoms with Crippen LogP contribution >= 0.6 is 23.2 Å². The van der Waals surface area contributed by atoms with Gasteiger partial charge in [0.1, 0.15) is 5.75 Å². The minimum absolute atomic E-state index is 0.296. The highest BCUT2D eigenvalue weighted by atomic mass is 35.5. The molecule has 65 heavy (non-hydrogen) atoms. The highest BCUT2D eigenvalue weighted by molar-refractivity contribution is 7.90. The van der Waals surface area contributed by atoms with Crippen molar-refractivity contribution in [1.29, 1.82) is 0 Å². The third kappa shape index (κ3) is 11.8. The molecule has 15 nitrogen and oxygen atoms in total. The number of urea groups is 1. The van der Waals surface area contributed by atoms with Crippen molar-refractivity contribution in [3.63, 3.8) is 0 Å². The number of anilines is 2. The van der Waals surface area contributed by atoms with Crippen molar-refractivity contribution in [3.05, 3.63) is 122 Å². The lowest BCUT2D eigenvalue weighted by molar-refractivity contribution is 0.0773. The van der Waals surface area contributed by atoms with Crippen molar-refractivity contribution in [1.82, 2.24) is 4.72 Å². The van der Waals surface area contributed by atoms with Gasteiger partial charge in [-0.1, -0.05) is 41.4 Å². The van der Waals surface area contributed by atoms with E-state index in [1.807, 2.05) is 35.1 Å². The van der Waals surface area contributed by atoms with Crippen LogP contribution in [0.3, 0.4) is 0 Å². The van der Waals surface area contributed by atoms with Crippen LogP contribution in [0.5, 0.6) is 5.75 Å². The van der Waals surface area contributed by atoms with Crippen LogP contribution in [0.2, 0.25) is 10.0 Å². The Morgan fingerprint density at radius 1 is 0.692 bits per heavy atom. The molecule has 0 radical (unpaired) electrons. The molecule has 3 amide bonds. The first-order valence-corrected chi connectivity index (χ1v) is 25.0. The maximum absolute atomic E-state index is 12.6. The zero-order chi connectivity index (χ0) is 47.1. The van der Waals surface area contributed by atoms with E-state index in [0.29, 0.717) is 39.4 Å². The summed E-state index contributed by atoms with van der Waals surface area (Å²) in [6.07, 6.45) is 11.9. The number of furan rings is 2. The number of hydrogen-bond donors (Lipinski definition) is 6. The number of carbonyl (C=O) groups is 2. The molecule has 2 heterocycles. The van der Waals surface area contributed by atoms with Gasteiger partial charge >= 0.3 is 12.1 Å². The number of para-hydroxylation sites is 1. The number of hydrogen-bond acceptors (Lipinski definition) is 11. The Morgan fingerprint density at radius 3 is 1.57 bits per heavy atom. The molecular formula is C46H52Cl2N4O11S2. The summed E-state index contributed by atoms with van der Waals surface area (Å²) >= 11 is 12.9. The normalized spacial score (nSPS) is 15.7. The number of rotatable bonds is 10. The summed E-state index contributed by atoms with van der Waals surface area (Å²) in [5.41, 5.74) is 6.42. The molecule has 0 bridgehead atoms. The predicted molar refractivity (Wildman–Crippen MR) is 246 cm³/mol. The maximum Gasteiger partial charge on any atom is 0.417 e. The molecule has 19 heteroatoms. The first kappa shape index (κ1) is 48.1. The van der Waals surface area contributed by atoms with E-state index in [9.17, 15) is 36.6 Å². The molecule has 0 unspecified atom stereocenters. The van der Waals surface area contributed by atoms with E-state index in [1.54, 1.807) is 12.1 Å². The summed E-state index contributed by atoms with van der Waals surface area (Å²) in [5, 5.41) is 30.8.